The molecule has 3 aromatic rings. The van der Waals surface area contributed by atoms with E-state index in [4.69, 9.17) is 0 Å². The summed E-state index contributed by atoms with van der Waals surface area (Å²) in [7, 11) is 1.67. The second-order valence-electron chi connectivity index (χ2n) is 5.54. The predicted octanol–water partition coefficient (Wildman–Crippen LogP) is 2.98. The number of aryl methyl sites for hydroxylation is 1. The van der Waals surface area contributed by atoms with Crippen molar-refractivity contribution in [3.63, 3.8) is 0 Å². The number of anilines is 1. The number of carbonyl (C=O) groups is 1. The first-order valence-corrected chi connectivity index (χ1v) is 9.16. The minimum Gasteiger partial charge on any atom is -0.354 e. The predicted molar refractivity (Wildman–Crippen MR) is 94.6 cm³/mol. The number of nitrogens with zero attached hydrogens (tertiary/aromatic N) is 3. The highest BCUT2D eigenvalue weighted by atomic mass is 32.1. The largest absolute Gasteiger partial charge is 0.354 e. The summed E-state index contributed by atoms with van der Waals surface area (Å²) in [5, 5.41) is 5.88. The summed E-state index contributed by atoms with van der Waals surface area (Å²) in [6.45, 7) is 3.65. The number of thiophene rings is 2. The summed E-state index contributed by atoms with van der Waals surface area (Å²) >= 11 is 3.25. The van der Waals surface area contributed by atoms with Gasteiger partial charge < -0.3 is 10.2 Å². The Hall–Kier alpha value is -1.99. The Morgan fingerprint density at radius 1 is 1.39 bits per heavy atom. The van der Waals surface area contributed by atoms with Crippen molar-refractivity contribution < 1.29 is 4.79 Å². The molecule has 0 saturated heterocycles. The molecule has 1 amide bonds. The number of hydrogen-bond donors (Lipinski definition) is 1. The Morgan fingerprint density at radius 2 is 2.26 bits per heavy atom. The first-order chi connectivity index (χ1) is 11.2. The van der Waals surface area contributed by atoms with Gasteiger partial charge in [0.2, 0.25) is 0 Å². The highest BCUT2D eigenvalue weighted by Gasteiger charge is 2.23. The first kappa shape index (κ1) is 14.6. The highest BCUT2D eigenvalue weighted by molar-refractivity contribution is 7.16. The number of hydrogen-bond acceptors (Lipinski definition) is 6. The van der Waals surface area contributed by atoms with Crippen LogP contribution in [-0.2, 0) is 13.0 Å². The molecule has 4 heterocycles. The summed E-state index contributed by atoms with van der Waals surface area (Å²) in [4.78, 5) is 26.4. The fraction of sp³-hybridized carbons (Fsp3) is 0.312. The van der Waals surface area contributed by atoms with Crippen LogP contribution in [0.1, 0.15) is 25.9 Å². The second-order valence-corrected chi connectivity index (χ2v) is 7.57. The standard InChI is InChI=1S/C16H16N4OS2/c1-9-18-14(11-4-6-22-16(11)19-9)20-5-3-12-10(8-20)7-13(23-12)15(21)17-2/h4,6-7H,3,5,8H2,1-2H3,(H,17,21). The molecule has 1 aliphatic heterocycles. The topological polar surface area (TPSA) is 58.1 Å². The van der Waals surface area contributed by atoms with Crippen molar-refractivity contribution in [2.24, 2.45) is 0 Å². The second kappa shape index (κ2) is 5.58. The van der Waals surface area contributed by atoms with E-state index in [1.165, 1.54) is 10.4 Å². The van der Waals surface area contributed by atoms with Gasteiger partial charge in [0.15, 0.2) is 0 Å². The molecule has 0 radical (unpaired) electrons. The number of rotatable bonds is 2. The van der Waals surface area contributed by atoms with Crippen LogP contribution in [0, 0.1) is 6.92 Å². The van der Waals surface area contributed by atoms with Gasteiger partial charge in [0, 0.05) is 25.0 Å². The molecule has 1 aliphatic rings. The van der Waals surface area contributed by atoms with Gasteiger partial charge in [-0.15, -0.1) is 22.7 Å². The van der Waals surface area contributed by atoms with Crippen LogP contribution in [0.15, 0.2) is 17.5 Å². The van der Waals surface area contributed by atoms with Crippen molar-refractivity contribution in [1.82, 2.24) is 15.3 Å². The molecule has 1 N–H and O–H groups in total. The smallest absolute Gasteiger partial charge is 0.261 e. The van der Waals surface area contributed by atoms with E-state index in [-0.39, 0.29) is 5.91 Å². The van der Waals surface area contributed by atoms with Gasteiger partial charge >= 0.3 is 0 Å². The van der Waals surface area contributed by atoms with Crippen molar-refractivity contribution in [1.29, 1.82) is 0 Å². The minimum atomic E-state index is -0.00550. The molecule has 4 rings (SSSR count). The third-order valence-corrected chi connectivity index (χ3v) is 6.08. The van der Waals surface area contributed by atoms with E-state index < -0.39 is 0 Å². The van der Waals surface area contributed by atoms with Crippen LogP contribution in [0.5, 0.6) is 0 Å². The zero-order valence-electron chi connectivity index (χ0n) is 12.9. The molecule has 23 heavy (non-hydrogen) atoms. The van der Waals surface area contributed by atoms with E-state index in [9.17, 15) is 4.79 Å². The summed E-state index contributed by atoms with van der Waals surface area (Å²) in [6, 6.07) is 4.11. The fourth-order valence-corrected chi connectivity index (χ4v) is 4.85. The average Bonchev–Trinajstić information content (AvgIpc) is 3.18. The Balaban J connectivity index is 1.71. The molecule has 5 nitrogen and oxygen atoms in total. The monoisotopic (exact) mass is 344 g/mol. The zero-order chi connectivity index (χ0) is 16.0. The molecule has 0 bridgehead atoms. The summed E-state index contributed by atoms with van der Waals surface area (Å²) < 4.78 is 0. The maximum absolute atomic E-state index is 11.8. The molecule has 0 spiro atoms. The maximum atomic E-state index is 11.8. The maximum Gasteiger partial charge on any atom is 0.261 e. The molecule has 0 unspecified atom stereocenters. The van der Waals surface area contributed by atoms with Gasteiger partial charge in [0.1, 0.15) is 16.5 Å². The highest BCUT2D eigenvalue weighted by Crippen LogP contribution is 2.33. The van der Waals surface area contributed by atoms with E-state index in [0.717, 1.165) is 46.2 Å². The van der Waals surface area contributed by atoms with Crippen LogP contribution in [0.2, 0.25) is 0 Å². The quantitative estimate of drug-likeness (QED) is 0.776. The van der Waals surface area contributed by atoms with Crippen LogP contribution in [0.3, 0.4) is 0 Å². The summed E-state index contributed by atoms with van der Waals surface area (Å²) in [6.07, 6.45) is 0.950. The van der Waals surface area contributed by atoms with Crippen molar-refractivity contribution >= 4 is 44.6 Å². The Labute approximate surface area is 142 Å². The van der Waals surface area contributed by atoms with E-state index in [0.29, 0.717) is 0 Å². The number of fused-ring (bicyclic) bond motifs is 2. The lowest BCUT2D eigenvalue weighted by Crippen LogP contribution is -2.30. The Kier molecular flexibility index (Phi) is 3.54. The SMILES string of the molecule is CNC(=O)c1cc2c(s1)CCN(c1nc(C)nc3sccc13)C2. The van der Waals surface area contributed by atoms with Crippen molar-refractivity contribution in [2.75, 3.05) is 18.5 Å². The third kappa shape index (κ3) is 2.49. The van der Waals surface area contributed by atoms with Crippen LogP contribution in [-0.4, -0.2) is 29.5 Å². The zero-order valence-corrected chi connectivity index (χ0v) is 14.6. The van der Waals surface area contributed by atoms with Crippen LogP contribution >= 0.6 is 22.7 Å². The van der Waals surface area contributed by atoms with Gasteiger partial charge in [0.25, 0.3) is 5.91 Å². The molecule has 0 aliphatic carbocycles. The Morgan fingerprint density at radius 3 is 3.09 bits per heavy atom. The fourth-order valence-electron chi connectivity index (χ4n) is 2.93. The molecule has 0 aromatic carbocycles. The van der Waals surface area contributed by atoms with Gasteiger partial charge in [-0.1, -0.05) is 0 Å². The molecular formula is C16H16N4OS2. The minimum absolute atomic E-state index is 0.00550. The lowest BCUT2D eigenvalue weighted by Gasteiger charge is -2.28. The van der Waals surface area contributed by atoms with Gasteiger partial charge in [-0.05, 0) is 36.4 Å². The Bertz CT molecular complexity index is 899. The molecule has 118 valence electrons. The van der Waals surface area contributed by atoms with Crippen LogP contribution in [0.25, 0.3) is 10.2 Å². The lowest BCUT2D eigenvalue weighted by atomic mass is 10.1. The van der Waals surface area contributed by atoms with Gasteiger partial charge in [-0.25, -0.2) is 9.97 Å². The number of aromatic nitrogens is 2. The molecule has 3 aromatic heterocycles. The first-order valence-electron chi connectivity index (χ1n) is 7.46. The van der Waals surface area contributed by atoms with Crippen molar-refractivity contribution in [3.05, 3.63) is 38.7 Å². The van der Waals surface area contributed by atoms with Crippen LogP contribution < -0.4 is 10.2 Å². The summed E-state index contributed by atoms with van der Waals surface area (Å²) in [5.74, 6) is 1.80. The molecule has 0 saturated carbocycles. The van der Waals surface area contributed by atoms with Crippen molar-refractivity contribution in [2.45, 2.75) is 19.9 Å². The number of nitrogens with one attached hydrogen (secondary N) is 1. The summed E-state index contributed by atoms with van der Waals surface area (Å²) in [5.41, 5.74) is 1.24. The van der Waals surface area contributed by atoms with E-state index in [1.54, 1.807) is 29.7 Å². The molecular weight excluding hydrogens is 328 g/mol. The lowest BCUT2D eigenvalue weighted by molar-refractivity contribution is 0.0967. The average molecular weight is 344 g/mol. The van der Waals surface area contributed by atoms with Crippen LogP contribution in [0.4, 0.5) is 5.82 Å². The molecule has 0 atom stereocenters. The normalized spacial score (nSPS) is 14.1. The van der Waals surface area contributed by atoms with Gasteiger partial charge in [0.05, 0.1) is 10.3 Å². The molecule has 0 fully saturated rings. The van der Waals surface area contributed by atoms with E-state index >= 15 is 0 Å². The third-order valence-electron chi connectivity index (χ3n) is 4.03. The van der Waals surface area contributed by atoms with Gasteiger partial charge in [-0.3, -0.25) is 4.79 Å². The van der Waals surface area contributed by atoms with Crippen molar-refractivity contribution in [3.8, 4) is 0 Å². The van der Waals surface area contributed by atoms with Gasteiger partial charge in [-0.2, -0.15) is 0 Å². The number of carbonyl (C=O) groups excluding carboxylic acids is 1. The van der Waals surface area contributed by atoms with E-state index in [1.807, 2.05) is 13.0 Å². The van der Waals surface area contributed by atoms with E-state index in [2.05, 4.69) is 31.6 Å². The molecule has 7 heteroatoms. The number of amides is 1.